The van der Waals surface area contributed by atoms with E-state index in [0.29, 0.717) is 18.7 Å². The summed E-state index contributed by atoms with van der Waals surface area (Å²) in [4.78, 5) is 26.0. The summed E-state index contributed by atoms with van der Waals surface area (Å²) in [5.41, 5.74) is 3.30. The summed E-state index contributed by atoms with van der Waals surface area (Å²) in [5, 5.41) is 17.9. The molecular formula is C21H22N4O3. The molecule has 28 heavy (non-hydrogen) atoms. The molecule has 2 heterocycles. The highest BCUT2D eigenvalue weighted by Gasteiger charge is 2.37. The van der Waals surface area contributed by atoms with E-state index in [4.69, 9.17) is 0 Å². The number of carboxylic acids is 1. The first-order valence-electron chi connectivity index (χ1n) is 9.45. The normalized spacial score (nSPS) is 19.7. The van der Waals surface area contributed by atoms with Gasteiger partial charge in [-0.2, -0.15) is 0 Å². The fraction of sp³-hybridized carbons (Fsp3) is 0.333. The number of likely N-dealkylation sites (tertiary alicyclic amines) is 1. The van der Waals surface area contributed by atoms with Crippen LogP contribution < -0.4 is 0 Å². The second-order valence-corrected chi connectivity index (χ2v) is 7.33. The SMILES string of the molecule is CC1CCCN(C(=O)c2ccc(Cn3nnc4ccccc43)cc2)C1C(=O)O. The van der Waals surface area contributed by atoms with Crippen molar-refractivity contribution < 1.29 is 14.7 Å². The maximum absolute atomic E-state index is 12.9. The highest BCUT2D eigenvalue weighted by atomic mass is 16.4. The minimum Gasteiger partial charge on any atom is -0.480 e. The number of carbonyl (C=O) groups is 2. The van der Waals surface area contributed by atoms with Gasteiger partial charge in [-0.3, -0.25) is 4.79 Å². The van der Waals surface area contributed by atoms with Crippen molar-refractivity contribution in [2.75, 3.05) is 6.54 Å². The molecule has 1 fully saturated rings. The lowest BCUT2D eigenvalue weighted by atomic mass is 9.90. The molecule has 1 amide bonds. The van der Waals surface area contributed by atoms with E-state index in [1.54, 1.807) is 12.1 Å². The second-order valence-electron chi connectivity index (χ2n) is 7.33. The Balaban J connectivity index is 1.52. The molecule has 0 bridgehead atoms. The van der Waals surface area contributed by atoms with Gasteiger partial charge >= 0.3 is 5.97 Å². The maximum Gasteiger partial charge on any atom is 0.326 e. The molecular weight excluding hydrogens is 356 g/mol. The lowest BCUT2D eigenvalue weighted by molar-refractivity contribution is -0.145. The zero-order valence-corrected chi connectivity index (χ0v) is 15.7. The number of aliphatic carboxylic acids is 1. The van der Waals surface area contributed by atoms with Crippen LogP contribution in [0.2, 0.25) is 0 Å². The Morgan fingerprint density at radius 1 is 1.14 bits per heavy atom. The summed E-state index contributed by atoms with van der Waals surface area (Å²) in [5.74, 6) is -1.21. The molecule has 1 aliphatic heterocycles. The number of piperidine rings is 1. The van der Waals surface area contributed by atoms with Gasteiger partial charge in [0.05, 0.1) is 12.1 Å². The molecule has 4 rings (SSSR count). The van der Waals surface area contributed by atoms with Crippen molar-refractivity contribution >= 4 is 22.9 Å². The molecule has 1 aliphatic rings. The smallest absolute Gasteiger partial charge is 0.326 e. The summed E-state index contributed by atoms with van der Waals surface area (Å²) in [6, 6.07) is 14.3. The molecule has 2 unspecified atom stereocenters. The molecule has 3 aromatic rings. The number of hydrogen-bond acceptors (Lipinski definition) is 4. The van der Waals surface area contributed by atoms with Gasteiger partial charge < -0.3 is 10.0 Å². The summed E-state index contributed by atoms with van der Waals surface area (Å²) >= 11 is 0. The predicted molar refractivity (Wildman–Crippen MR) is 104 cm³/mol. The van der Waals surface area contributed by atoms with Gasteiger partial charge in [0.25, 0.3) is 5.91 Å². The van der Waals surface area contributed by atoms with E-state index in [1.165, 1.54) is 4.90 Å². The molecule has 0 saturated carbocycles. The van der Waals surface area contributed by atoms with Gasteiger partial charge in [-0.15, -0.1) is 5.10 Å². The Morgan fingerprint density at radius 2 is 1.89 bits per heavy atom. The maximum atomic E-state index is 12.9. The average Bonchev–Trinajstić information content (AvgIpc) is 3.10. The zero-order valence-electron chi connectivity index (χ0n) is 15.7. The van der Waals surface area contributed by atoms with Gasteiger partial charge in [0.15, 0.2) is 0 Å². The number of carbonyl (C=O) groups excluding carboxylic acids is 1. The highest BCUT2D eigenvalue weighted by molar-refractivity contribution is 5.96. The van der Waals surface area contributed by atoms with Gasteiger partial charge in [0, 0.05) is 12.1 Å². The van der Waals surface area contributed by atoms with Crippen molar-refractivity contribution in [2.45, 2.75) is 32.4 Å². The summed E-state index contributed by atoms with van der Waals surface area (Å²) in [7, 11) is 0. The topological polar surface area (TPSA) is 88.3 Å². The van der Waals surface area contributed by atoms with Crippen LogP contribution in [0, 0.1) is 5.92 Å². The van der Waals surface area contributed by atoms with Crippen LogP contribution in [-0.4, -0.2) is 49.5 Å². The lowest BCUT2D eigenvalue weighted by Crippen LogP contribution is -2.51. The molecule has 0 radical (unpaired) electrons. The van der Waals surface area contributed by atoms with Crippen LogP contribution in [0.5, 0.6) is 0 Å². The van der Waals surface area contributed by atoms with Crippen LogP contribution in [0.25, 0.3) is 11.0 Å². The number of amides is 1. The Labute approximate surface area is 162 Å². The Morgan fingerprint density at radius 3 is 2.64 bits per heavy atom. The van der Waals surface area contributed by atoms with Gasteiger partial charge in [0.1, 0.15) is 11.6 Å². The first kappa shape index (κ1) is 18.2. The molecule has 7 heteroatoms. The quantitative estimate of drug-likeness (QED) is 0.754. The fourth-order valence-electron chi connectivity index (χ4n) is 3.92. The zero-order chi connectivity index (χ0) is 19.7. The number of fused-ring (bicyclic) bond motifs is 1. The highest BCUT2D eigenvalue weighted by Crippen LogP contribution is 2.25. The van der Waals surface area contributed by atoms with Crippen LogP contribution >= 0.6 is 0 Å². The van der Waals surface area contributed by atoms with Crippen LogP contribution in [0.15, 0.2) is 48.5 Å². The molecule has 7 nitrogen and oxygen atoms in total. The molecule has 2 atom stereocenters. The van der Waals surface area contributed by atoms with Crippen molar-refractivity contribution in [2.24, 2.45) is 5.92 Å². The molecule has 2 aromatic carbocycles. The predicted octanol–water partition coefficient (Wildman–Crippen LogP) is 2.80. The number of hydrogen-bond donors (Lipinski definition) is 1. The summed E-state index contributed by atoms with van der Waals surface area (Å²) in [6.45, 7) is 2.92. The number of para-hydroxylation sites is 1. The minimum absolute atomic E-state index is 0.0462. The first-order chi connectivity index (χ1) is 13.5. The fourth-order valence-corrected chi connectivity index (χ4v) is 3.92. The minimum atomic E-state index is -0.935. The third kappa shape index (κ3) is 3.35. The van der Waals surface area contributed by atoms with Crippen molar-refractivity contribution in [1.29, 1.82) is 0 Å². The van der Waals surface area contributed by atoms with E-state index >= 15 is 0 Å². The van der Waals surface area contributed by atoms with Crippen LogP contribution in [0.4, 0.5) is 0 Å². The van der Waals surface area contributed by atoms with Crippen molar-refractivity contribution in [1.82, 2.24) is 19.9 Å². The number of nitrogens with zero attached hydrogens (tertiary/aromatic N) is 4. The summed E-state index contributed by atoms with van der Waals surface area (Å²) < 4.78 is 1.82. The van der Waals surface area contributed by atoms with Gasteiger partial charge in [-0.05, 0) is 48.6 Å². The van der Waals surface area contributed by atoms with E-state index in [1.807, 2.05) is 48.0 Å². The van der Waals surface area contributed by atoms with Crippen molar-refractivity contribution in [3.63, 3.8) is 0 Å². The van der Waals surface area contributed by atoms with E-state index in [2.05, 4.69) is 10.3 Å². The Hall–Kier alpha value is -3.22. The Kier molecular flexibility index (Phi) is 4.81. The standard InChI is InChI=1S/C21H22N4O3/c1-14-5-4-12-24(19(14)21(27)28)20(26)16-10-8-15(9-11-16)13-25-18-7-3-2-6-17(18)22-23-25/h2-3,6-11,14,19H,4-5,12-13H2,1H3,(H,27,28). The second kappa shape index (κ2) is 7.42. The Bertz CT molecular complexity index is 1010. The van der Waals surface area contributed by atoms with Gasteiger partial charge in [-0.1, -0.05) is 36.4 Å². The van der Waals surface area contributed by atoms with Gasteiger partial charge in [-0.25, -0.2) is 9.48 Å². The third-order valence-electron chi connectivity index (χ3n) is 5.40. The molecule has 0 aliphatic carbocycles. The molecule has 0 spiro atoms. The number of rotatable bonds is 4. The van der Waals surface area contributed by atoms with Crippen LogP contribution in [0.3, 0.4) is 0 Å². The average molecular weight is 378 g/mol. The first-order valence-corrected chi connectivity index (χ1v) is 9.45. The molecule has 144 valence electrons. The van der Waals surface area contributed by atoms with E-state index in [9.17, 15) is 14.7 Å². The lowest BCUT2D eigenvalue weighted by Gasteiger charge is -2.37. The van der Waals surface area contributed by atoms with Crippen molar-refractivity contribution in [3.05, 3.63) is 59.7 Å². The van der Waals surface area contributed by atoms with Crippen molar-refractivity contribution in [3.8, 4) is 0 Å². The van der Waals surface area contributed by atoms with E-state index in [0.717, 1.165) is 29.4 Å². The molecule has 1 saturated heterocycles. The van der Waals surface area contributed by atoms with Gasteiger partial charge in [0.2, 0.25) is 0 Å². The monoisotopic (exact) mass is 378 g/mol. The van der Waals surface area contributed by atoms with Crippen LogP contribution in [0.1, 0.15) is 35.7 Å². The van der Waals surface area contributed by atoms with Crippen LogP contribution in [-0.2, 0) is 11.3 Å². The molecule has 1 aromatic heterocycles. The van der Waals surface area contributed by atoms with E-state index < -0.39 is 12.0 Å². The number of carboxylic acid groups (broad SMARTS) is 1. The third-order valence-corrected chi connectivity index (χ3v) is 5.40. The van der Waals surface area contributed by atoms with E-state index in [-0.39, 0.29) is 11.8 Å². The molecule has 1 N–H and O–H groups in total. The summed E-state index contributed by atoms with van der Waals surface area (Å²) in [6.07, 6.45) is 1.65. The number of aromatic nitrogens is 3. The number of benzene rings is 2. The largest absolute Gasteiger partial charge is 0.480 e.